The van der Waals surface area contributed by atoms with E-state index in [1.807, 2.05) is 0 Å². The molecule has 82 valence electrons. The van der Waals surface area contributed by atoms with Gasteiger partial charge in [0.1, 0.15) is 0 Å². The molecule has 0 aromatic carbocycles. The second kappa shape index (κ2) is 4.65. The van der Waals surface area contributed by atoms with Gasteiger partial charge in [-0.1, -0.05) is 33.1 Å². The van der Waals surface area contributed by atoms with Crippen LogP contribution in [0.15, 0.2) is 0 Å². The lowest BCUT2D eigenvalue weighted by atomic mass is 9.77. The van der Waals surface area contributed by atoms with Gasteiger partial charge < -0.3 is 5.32 Å². The SMILES string of the molecule is CCC1CC(NC2CCCCC2C)C1. The largest absolute Gasteiger partial charge is 0.311 e. The molecule has 0 aromatic heterocycles. The van der Waals surface area contributed by atoms with Crippen molar-refractivity contribution in [2.45, 2.75) is 70.9 Å². The summed E-state index contributed by atoms with van der Waals surface area (Å²) in [6.07, 6.45) is 10.1. The maximum absolute atomic E-state index is 3.87. The molecule has 2 fully saturated rings. The topological polar surface area (TPSA) is 12.0 Å². The highest BCUT2D eigenvalue weighted by Crippen LogP contribution is 2.32. The summed E-state index contributed by atoms with van der Waals surface area (Å²) in [6, 6.07) is 1.71. The number of hydrogen-bond donors (Lipinski definition) is 1. The summed E-state index contributed by atoms with van der Waals surface area (Å²) in [5.74, 6) is 1.95. The third-order valence-corrected chi connectivity index (χ3v) is 4.37. The summed E-state index contributed by atoms with van der Waals surface area (Å²) in [5.41, 5.74) is 0. The fraction of sp³-hybridized carbons (Fsp3) is 1.00. The van der Waals surface area contributed by atoms with E-state index >= 15 is 0 Å². The zero-order valence-electron chi connectivity index (χ0n) is 9.76. The van der Waals surface area contributed by atoms with Crippen LogP contribution >= 0.6 is 0 Å². The molecule has 2 aliphatic rings. The zero-order valence-corrected chi connectivity index (χ0v) is 9.76. The van der Waals surface area contributed by atoms with Gasteiger partial charge in [-0.2, -0.15) is 0 Å². The van der Waals surface area contributed by atoms with E-state index in [1.165, 1.54) is 44.9 Å². The Kier molecular flexibility index (Phi) is 3.48. The van der Waals surface area contributed by atoms with Crippen LogP contribution < -0.4 is 5.32 Å². The normalized spacial score (nSPS) is 43.3. The van der Waals surface area contributed by atoms with Crippen molar-refractivity contribution in [3.8, 4) is 0 Å². The van der Waals surface area contributed by atoms with E-state index in [0.717, 1.165) is 23.9 Å². The van der Waals surface area contributed by atoms with Gasteiger partial charge in [-0.05, 0) is 37.5 Å². The summed E-state index contributed by atoms with van der Waals surface area (Å²) in [7, 11) is 0. The smallest absolute Gasteiger partial charge is 0.00952 e. The van der Waals surface area contributed by atoms with Gasteiger partial charge in [0, 0.05) is 12.1 Å². The molecule has 2 atom stereocenters. The van der Waals surface area contributed by atoms with Crippen LogP contribution in [0.4, 0.5) is 0 Å². The summed E-state index contributed by atoms with van der Waals surface area (Å²) in [5, 5.41) is 3.87. The highest BCUT2D eigenvalue weighted by atomic mass is 15.0. The van der Waals surface area contributed by atoms with E-state index in [-0.39, 0.29) is 0 Å². The fourth-order valence-electron chi connectivity index (χ4n) is 3.07. The Hall–Kier alpha value is -0.0400. The molecule has 1 nitrogen and oxygen atoms in total. The molecule has 1 heteroatoms. The minimum absolute atomic E-state index is 0.839. The summed E-state index contributed by atoms with van der Waals surface area (Å²) in [4.78, 5) is 0. The van der Waals surface area contributed by atoms with Crippen molar-refractivity contribution in [1.82, 2.24) is 5.32 Å². The van der Waals surface area contributed by atoms with E-state index in [4.69, 9.17) is 0 Å². The van der Waals surface area contributed by atoms with Crippen LogP contribution in [0.25, 0.3) is 0 Å². The Morgan fingerprint density at radius 2 is 1.86 bits per heavy atom. The van der Waals surface area contributed by atoms with Crippen LogP contribution in [0, 0.1) is 11.8 Å². The Bertz CT molecular complexity index is 172. The van der Waals surface area contributed by atoms with E-state index < -0.39 is 0 Å². The summed E-state index contributed by atoms with van der Waals surface area (Å²) < 4.78 is 0. The highest BCUT2D eigenvalue weighted by molar-refractivity contribution is 4.89. The van der Waals surface area contributed by atoms with E-state index in [2.05, 4.69) is 19.2 Å². The van der Waals surface area contributed by atoms with Crippen molar-refractivity contribution in [2.75, 3.05) is 0 Å². The Morgan fingerprint density at radius 3 is 2.50 bits per heavy atom. The van der Waals surface area contributed by atoms with Crippen LogP contribution in [-0.4, -0.2) is 12.1 Å². The molecule has 0 aliphatic heterocycles. The Morgan fingerprint density at radius 1 is 1.14 bits per heavy atom. The van der Waals surface area contributed by atoms with Gasteiger partial charge in [0.2, 0.25) is 0 Å². The predicted molar refractivity (Wildman–Crippen MR) is 61.4 cm³/mol. The molecule has 14 heavy (non-hydrogen) atoms. The minimum Gasteiger partial charge on any atom is -0.311 e. The number of rotatable bonds is 3. The first-order valence-electron chi connectivity index (χ1n) is 6.55. The van der Waals surface area contributed by atoms with Gasteiger partial charge >= 0.3 is 0 Å². The fourth-order valence-corrected chi connectivity index (χ4v) is 3.07. The molecule has 2 aliphatic carbocycles. The molecule has 0 saturated heterocycles. The van der Waals surface area contributed by atoms with E-state index in [0.29, 0.717) is 0 Å². The third-order valence-electron chi connectivity index (χ3n) is 4.37. The molecule has 0 spiro atoms. The van der Waals surface area contributed by atoms with Crippen LogP contribution in [0.2, 0.25) is 0 Å². The zero-order chi connectivity index (χ0) is 9.97. The molecule has 1 N–H and O–H groups in total. The van der Waals surface area contributed by atoms with Gasteiger partial charge in [0.05, 0.1) is 0 Å². The molecule has 0 bridgehead atoms. The van der Waals surface area contributed by atoms with Crippen LogP contribution in [0.3, 0.4) is 0 Å². The lowest BCUT2D eigenvalue weighted by Gasteiger charge is -2.41. The number of nitrogens with one attached hydrogen (secondary N) is 1. The van der Waals surface area contributed by atoms with E-state index in [1.54, 1.807) is 0 Å². The van der Waals surface area contributed by atoms with Crippen molar-refractivity contribution in [3.63, 3.8) is 0 Å². The average Bonchev–Trinajstić information content (AvgIpc) is 2.13. The maximum Gasteiger partial charge on any atom is 0.00952 e. The first kappa shape index (κ1) is 10.5. The monoisotopic (exact) mass is 195 g/mol. The molecule has 2 rings (SSSR count). The molecule has 2 saturated carbocycles. The van der Waals surface area contributed by atoms with Gasteiger partial charge in [-0.3, -0.25) is 0 Å². The van der Waals surface area contributed by atoms with Crippen molar-refractivity contribution in [2.24, 2.45) is 11.8 Å². The molecule has 2 unspecified atom stereocenters. The lowest BCUT2D eigenvalue weighted by Crippen LogP contribution is -2.49. The van der Waals surface area contributed by atoms with Crippen LogP contribution in [-0.2, 0) is 0 Å². The Labute approximate surface area is 88.7 Å². The third kappa shape index (κ3) is 2.31. The molecular weight excluding hydrogens is 170 g/mol. The van der Waals surface area contributed by atoms with E-state index in [9.17, 15) is 0 Å². The quantitative estimate of drug-likeness (QED) is 0.728. The van der Waals surface area contributed by atoms with Crippen molar-refractivity contribution in [3.05, 3.63) is 0 Å². The van der Waals surface area contributed by atoms with Gasteiger partial charge in [0.25, 0.3) is 0 Å². The molecule has 0 radical (unpaired) electrons. The van der Waals surface area contributed by atoms with Crippen molar-refractivity contribution >= 4 is 0 Å². The second-order valence-corrected chi connectivity index (χ2v) is 5.48. The lowest BCUT2D eigenvalue weighted by molar-refractivity contribution is 0.164. The minimum atomic E-state index is 0.839. The van der Waals surface area contributed by atoms with Gasteiger partial charge in [-0.25, -0.2) is 0 Å². The standard InChI is InChI=1S/C13H25N/c1-3-11-8-12(9-11)14-13-7-5-4-6-10(13)2/h10-14H,3-9H2,1-2H3. The highest BCUT2D eigenvalue weighted by Gasteiger charge is 2.31. The van der Waals surface area contributed by atoms with Gasteiger partial charge in [-0.15, -0.1) is 0 Å². The summed E-state index contributed by atoms with van der Waals surface area (Å²) >= 11 is 0. The molecule has 0 aromatic rings. The maximum atomic E-state index is 3.87. The average molecular weight is 195 g/mol. The van der Waals surface area contributed by atoms with Crippen LogP contribution in [0.1, 0.15) is 58.8 Å². The van der Waals surface area contributed by atoms with Crippen LogP contribution in [0.5, 0.6) is 0 Å². The molecular formula is C13H25N. The van der Waals surface area contributed by atoms with Crippen molar-refractivity contribution in [1.29, 1.82) is 0 Å². The molecule has 0 heterocycles. The van der Waals surface area contributed by atoms with Crippen molar-refractivity contribution < 1.29 is 0 Å². The number of hydrogen-bond acceptors (Lipinski definition) is 1. The Balaban J connectivity index is 1.69. The molecule has 0 amide bonds. The first-order chi connectivity index (χ1) is 6.79. The predicted octanol–water partition coefficient (Wildman–Crippen LogP) is 3.34. The second-order valence-electron chi connectivity index (χ2n) is 5.48. The van der Waals surface area contributed by atoms with Gasteiger partial charge in [0.15, 0.2) is 0 Å². The first-order valence-corrected chi connectivity index (χ1v) is 6.55. The summed E-state index contributed by atoms with van der Waals surface area (Å²) in [6.45, 7) is 4.75.